The second kappa shape index (κ2) is 5.88. The molecule has 1 aromatic heterocycles. The summed E-state index contributed by atoms with van der Waals surface area (Å²) in [6.45, 7) is 2.82. The number of aromatic nitrogens is 2. The first-order valence-electron chi connectivity index (χ1n) is 5.88. The van der Waals surface area contributed by atoms with Crippen LogP contribution in [0.4, 0.5) is 5.82 Å². The Morgan fingerprint density at radius 3 is 2.84 bits per heavy atom. The van der Waals surface area contributed by atoms with E-state index in [4.69, 9.17) is 5.11 Å². The predicted octanol–water partition coefficient (Wildman–Crippen LogP) is 2.49. The first kappa shape index (κ1) is 13.6. The van der Waals surface area contributed by atoms with Crippen molar-refractivity contribution in [2.45, 2.75) is 12.2 Å². The molecule has 1 unspecified atom stereocenters. The van der Waals surface area contributed by atoms with Crippen molar-refractivity contribution in [3.63, 3.8) is 0 Å². The quantitative estimate of drug-likeness (QED) is 0.874. The van der Waals surface area contributed by atoms with E-state index in [1.165, 1.54) is 0 Å². The highest BCUT2D eigenvalue weighted by Crippen LogP contribution is 2.20. The van der Waals surface area contributed by atoms with Crippen LogP contribution in [0.15, 0.2) is 24.3 Å². The van der Waals surface area contributed by atoms with Gasteiger partial charge in [-0.15, -0.1) is 0 Å². The number of aromatic carboxylic acids is 1. The number of carboxylic acids is 1. The summed E-state index contributed by atoms with van der Waals surface area (Å²) in [6.07, 6.45) is 2.03. The van der Waals surface area contributed by atoms with Gasteiger partial charge in [-0.3, -0.25) is 0 Å². The fourth-order valence-electron chi connectivity index (χ4n) is 1.63. The number of rotatable bonds is 5. The molecule has 1 aromatic carbocycles. The number of fused-ring (bicyclic) bond motifs is 1. The smallest absolute Gasteiger partial charge is 0.374 e. The highest BCUT2D eigenvalue weighted by atomic mass is 32.2. The van der Waals surface area contributed by atoms with Gasteiger partial charge in [0.2, 0.25) is 5.82 Å². The van der Waals surface area contributed by atoms with Gasteiger partial charge in [-0.2, -0.15) is 11.8 Å². The van der Waals surface area contributed by atoms with Gasteiger partial charge < -0.3 is 10.4 Å². The highest BCUT2D eigenvalue weighted by molar-refractivity contribution is 7.99. The molecule has 19 heavy (non-hydrogen) atoms. The number of thioether (sulfide) groups is 1. The van der Waals surface area contributed by atoms with Crippen LogP contribution in [0.2, 0.25) is 0 Å². The Morgan fingerprint density at radius 2 is 2.16 bits per heavy atom. The van der Waals surface area contributed by atoms with Crippen LogP contribution in [0, 0.1) is 0 Å². The third-order valence-electron chi connectivity index (χ3n) is 2.75. The number of anilines is 1. The fourth-order valence-corrected chi connectivity index (χ4v) is 1.88. The zero-order valence-corrected chi connectivity index (χ0v) is 11.6. The number of nitrogens with one attached hydrogen (secondary N) is 1. The second-order valence-corrected chi connectivity index (χ2v) is 5.42. The molecule has 6 heteroatoms. The van der Waals surface area contributed by atoms with Gasteiger partial charge in [-0.05, 0) is 18.4 Å². The van der Waals surface area contributed by atoms with Crippen LogP contribution in [0.25, 0.3) is 10.9 Å². The van der Waals surface area contributed by atoms with E-state index in [2.05, 4.69) is 22.2 Å². The molecule has 0 saturated heterocycles. The van der Waals surface area contributed by atoms with Crippen LogP contribution < -0.4 is 5.32 Å². The Morgan fingerprint density at radius 1 is 1.42 bits per heavy atom. The lowest BCUT2D eigenvalue weighted by atomic mass is 10.2. The van der Waals surface area contributed by atoms with Crippen molar-refractivity contribution in [2.24, 2.45) is 0 Å². The van der Waals surface area contributed by atoms with E-state index >= 15 is 0 Å². The number of hydrogen-bond acceptors (Lipinski definition) is 5. The van der Waals surface area contributed by atoms with Crippen molar-refractivity contribution in [3.05, 3.63) is 30.1 Å². The van der Waals surface area contributed by atoms with Crippen LogP contribution in [0.3, 0.4) is 0 Å². The molecule has 0 aliphatic rings. The minimum absolute atomic E-state index is 0.182. The normalized spacial score (nSPS) is 12.3. The zero-order valence-electron chi connectivity index (χ0n) is 10.8. The van der Waals surface area contributed by atoms with E-state index in [1.54, 1.807) is 17.8 Å². The lowest BCUT2D eigenvalue weighted by Gasteiger charge is -2.12. The predicted molar refractivity (Wildman–Crippen MR) is 78.0 cm³/mol. The number of benzene rings is 1. The van der Waals surface area contributed by atoms with E-state index in [0.29, 0.717) is 16.6 Å². The Hall–Kier alpha value is -1.82. The van der Waals surface area contributed by atoms with Crippen LogP contribution >= 0.6 is 11.8 Å². The average molecular weight is 277 g/mol. The lowest BCUT2D eigenvalue weighted by molar-refractivity contribution is 0.0684. The fraction of sp³-hybridized carbons (Fsp3) is 0.308. The van der Waals surface area contributed by atoms with Gasteiger partial charge in [-0.1, -0.05) is 19.1 Å². The monoisotopic (exact) mass is 277 g/mol. The third-order valence-corrected chi connectivity index (χ3v) is 3.73. The third kappa shape index (κ3) is 3.14. The molecule has 2 rings (SSSR count). The maximum Gasteiger partial charge on any atom is 0.374 e. The topological polar surface area (TPSA) is 75.1 Å². The number of carboxylic acid groups (broad SMARTS) is 1. The Kier molecular flexibility index (Phi) is 4.21. The molecule has 0 spiro atoms. The molecular weight excluding hydrogens is 262 g/mol. The average Bonchev–Trinajstić information content (AvgIpc) is 2.43. The van der Waals surface area contributed by atoms with Crippen molar-refractivity contribution in [1.29, 1.82) is 0 Å². The number of hydrogen-bond donors (Lipinski definition) is 2. The van der Waals surface area contributed by atoms with E-state index in [9.17, 15) is 4.79 Å². The first-order valence-corrected chi connectivity index (χ1v) is 7.17. The maximum atomic E-state index is 11.0. The summed E-state index contributed by atoms with van der Waals surface area (Å²) in [5.74, 6) is -0.728. The van der Waals surface area contributed by atoms with Crippen LogP contribution in [-0.2, 0) is 0 Å². The summed E-state index contributed by atoms with van der Waals surface area (Å²) in [5, 5.41) is 13.5. The largest absolute Gasteiger partial charge is 0.475 e. The summed E-state index contributed by atoms with van der Waals surface area (Å²) in [7, 11) is 0. The van der Waals surface area contributed by atoms with Crippen LogP contribution in [-0.4, -0.2) is 39.1 Å². The summed E-state index contributed by atoms with van der Waals surface area (Å²) in [5.41, 5.74) is 0.634. The molecule has 2 N–H and O–H groups in total. The summed E-state index contributed by atoms with van der Waals surface area (Å²) >= 11 is 1.74. The van der Waals surface area contributed by atoms with Crippen molar-refractivity contribution < 1.29 is 9.90 Å². The lowest BCUT2D eigenvalue weighted by Crippen LogP contribution is -2.15. The van der Waals surface area contributed by atoms with Crippen molar-refractivity contribution in [3.8, 4) is 0 Å². The molecule has 5 nitrogen and oxygen atoms in total. The molecule has 1 atom stereocenters. The Labute approximate surface area is 115 Å². The Bertz CT molecular complexity index is 603. The van der Waals surface area contributed by atoms with E-state index < -0.39 is 5.97 Å². The SMILES string of the molecule is CSC(C)CNc1nc(C(=O)O)nc2ccccc12. The van der Waals surface area contributed by atoms with Gasteiger partial charge in [0.05, 0.1) is 5.52 Å². The van der Waals surface area contributed by atoms with Crippen LogP contribution in [0.5, 0.6) is 0 Å². The van der Waals surface area contributed by atoms with Gasteiger partial charge in [-0.25, -0.2) is 14.8 Å². The van der Waals surface area contributed by atoms with Gasteiger partial charge in [0, 0.05) is 17.2 Å². The van der Waals surface area contributed by atoms with Crippen molar-refractivity contribution in [2.75, 3.05) is 18.1 Å². The summed E-state index contributed by atoms with van der Waals surface area (Å²) < 4.78 is 0. The molecule has 0 saturated carbocycles. The standard InChI is InChI=1S/C13H15N3O2S/c1-8(19-2)7-14-11-9-5-3-4-6-10(9)15-12(16-11)13(17)18/h3-6,8H,7H2,1-2H3,(H,17,18)(H,14,15,16). The van der Waals surface area contributed by atoms with Crippen LogP contribution in [0.1, 0.15) is 17.5 Å². The molecule has 100 valence electrons. The molecule has 0 aliphatic carbocycles. The van der Waals surface area contributed by atoms with Gasteiger partial charge in [0.1, 0.15) is 5.82 Å². The molecular formula is C13H15N3O2S. The number of carbonyl (C=O) groups is 1. The van der Waals surface area contributed by atoms with E-state index in [0.717, 1.165) is 11.9 Å². The van der Waals surface area contributed by atoms with E-state index in [-0.39, 0.29) is 5.82 Å². The first-order chi connectivity index (χ1) is 9.11. The molecule has 0 fully saturated rings. The summed E-state index contributed by atoms with van der Waals surface area (Å²) in [4.78, 5) is 19.1. The molecule has 1 heterocycles. The molecule has 0 bridgehead atoms. The second-order valence-electron chi connectivity index (χ2n) is 4.15. The van der Waals surface area contributed by atoms with Crippen molar-refractivity contribution in [1.82, 2.24) is 9.97 Å². The highest BCUT2D eigenvalue weighted by Gasteiger charge is 2.12. The van der Waals surface area contributed by atoms with Gasteiger partial charge in [0.25, 0.3) is 0 Å². The maximum absolute atomic E-state index is 11.0. The summed E-state index contributed by atoms with van der Waals surface area (Å²) in [6, 6.07) is 7.38. The molecule has 2 aromatic rings. The zero-order chi connectivity index (χ0) is 13.8. The minimum Gasteiger partial charge on any atom is -0.475 e. The van der Waals surface area contributed by atoms with Crippen molar-refractivity contribution >= 4 is 34.5 Å². The Balaban J connectivity index is 2.41. The van der Waals surface area contributed by atoms with Gasteiger partial charge in [0.15, 0.2) is 0 Å². The molecule has 0 radical (unpaired) electrons. The number of nitrogens with zero attached hydrogens (tertiary/aromatic N) is 2. The number of para-hydroxylation sites is 1. The minimum atomic E-state index is -1.12. The molecule has 0 amide bonds. The van der Waals surface area contributed by atoms with Gasteiger partial charge >= 0.3 is 5.97 Å². The molecule has 0 aliphatic heterocycles. The van der Waals surface area contributed by atoms with E-state index in [1.807, 2.05) is 24.5 Å².